The Bertz CT molecular complexity index is 690. The second kappa shape index (κ2) is 5.68. The number of aliphatic carboxylic acids is 1. The molecule has 0 amide bonds. The smallest absolute Gasteiger partial charge is 0.307 e. The predicted molar refractivity (Wildman–Crippen MR) is 80.1 cm³/mol. The molecule has 0 spiro atoms. The summed E-state index contributed by atoms with van der Waals surface area (Å²) in [6, 6.07) is 3.80. The minimum atomic E-state index is -0.743. The predicted octanol–water partition coefficient (Wildman–Crippen LogP) is 2.98. The van der Waals surface area contributed by atoms with Crippen molar-refractivity contribution < 1.29 is 9.90 Å². The van der Waals surface area contributed by atoms with E-state index in [2.05, 4.69) is 22.6 Å². The van der Waals surface area contributed by atoms with E-state index in [4.69, 9.17) is 4.98 Å². The number of imidazole rings is 1. The van der Waals surface area contributed by atoms with Crippen molar-refractivity contribution in [1.29, 1.82) is 0 Å². The van der Waals surface area contributed by atoms with Crippen molar-refractivity contribution >= 4 is 17.1 Å². The lowest BCUT2D eigenvalue weighted by Gasteiger charge is -2.25. The van der Waals surface area contributed by atoms with E-state index < -0.39 is 11.9 Å². The Morgan fingerprint density at radius 3 is 3.00 bits per heavy atom. The third-order valence-electron chi connectivity index (χ3n) is 4.06. The van der Waals surface area contributed by atoms with Gasteiger partial charge >= 0.3 is 5.97 Å². The van der Waals surface area contributed by atoms with Gasteiger partial charge in [0, 0.05) is 18.7 Å². The van der Waals surface area contributed by atoms with Crippen LogP contribution in [0.4, 0.5) is 0 Å². The summed E-state index contributed by atoms with van der Waals surface area (Å²) >= 11 is 0. The number of aryl methyl sites for hydroxylation is 1. The van der Waals surface area contributed by atoms with Gasteiger partial charge in [-0.15, -0.1) is 0 Å². The van der Waals surface area contributed by atoms with Crippen LogP contribution >= 0.6 is 0 Å². The zero-order chi connectivity index (χ0) is 14.8. The molecule has 1 N–H and O–H groups in total. The van der Waals surface area contributed by atoms with Crippen LogP contribution in [0.2, 0.25) is 0 Å². The first-order chi connectivity index (χ1) is 10.2. The van der Waals surface area contributed by atoms with Gasteiger partial charge in [-0.1, -0.05) is 19.1 Å². The van der Waals surface area contributed by atoms with Crippen LogP contribution < -0.4 is 0 Å². The van der Waals surface area contributed by atoms with Crippen LogP contribution in [-0.2, 0) is 11.3 Å². The number of carboxylic acids is 1. The monoisotopic (exact) mass is 285 g/mol. The van der Waals surface area contributed by atoms with E-state index in [0.29, 0.717) is 6.42 Å². The Hall–Kier alpha value is -2.17. The fourth-order valence-electron chi connectivity index (χ4n) is 3.08. The first kappa shape index (κ1) is 13.8. The van der Waals surface area contributed by atoms with Gasteiger partial charge in [0.25, 0.3) is 0 Å². The van der Waals surface area contributed by atoms with Crippen LogP contribution in [0.1, 0.15) is 37.9 Å². The standard InChI is InChI=1S/C16H19N3O2/c1-2-10-19-14(18-13-8-5-9-17-15(13)19)11-6-3-4-7-12(11)16(20)21/h3-5,8-9,11-12H,2,6-7,10H2,1H3,(H,20,21)/t11-,12+/m1/s1. The molecule has 110 valence electrons. The van der Waals surface area contributed by atoms with Crippen LogP contribution in [0.15, 0.2) is 30.5 Å². The molecule has 1 aliphatic rings. The van der Waals surface area contributed by atoms with E-state index in [9.17, 15) is 9.90 Å². The third-order valence-corrected chi connectivity index (χ3v) is 4.06. The summed E-state index contributed by atoms with van der Waals surface area (Å²) in [5.74, 6) is -0.356. The number of allylic oxidation sites excluding steroid dienone is 2. The maximum absolute atomic E-state index is 11.5. The van der Waals surface area contributed by atoms with Crippen molar-refractivity contribution in [3.8, 4) is 0 Å². The molecule has 0 unspecified atom stereocenters. The molecule has 2 heterocycles. The average molecular weight is 285 g/mol. The SMILES string of the molecule is CCCn1c([C@@H]2CC=CC[C@@H]2C(=O)O)nc2cccnc21. The molecule has 5 heteroatoms. The maximum Gasteiger partial charge on any atom is 0.307 e. The van der Waals surface area contributed by atoms with Crippen molar-refractivity contribution in [2.24, 2.45) is 5.92 Å². The Balaban J connectivity index is 2.11. The Kier molecular flexibility index (Phi) is 3.73. The quantitative estimate of drug-likeness (QED) is 0.877. The Morgan fingerprint density at radius 2 is 2.24 bits per heavy atom. The number of carbonyl (C=O) groups is 1. The van der Waals surface area contributed by atoms with Crippen molar-refractivity contribution in [2.75, 3.05) is 0 Å². The molecular formula is C16H19N3O2. The van der Waals surface area contributed by atoms with Crippen LogP contribution in [0.3, 0.4) is 0 Å². The number of carboxylic acid groups (broad SMARTS) is 1. The summed E-state index contributed by atoms with van der Waals surface area (Å²) < 4.78 is 2.09. The number of aromatic nitrogens is 3. The van der Waals surface area contributed by atoms with Crippen LogP contribution in [0.5, 0.6) is 0 Å². The van der Waals surface area contributed by atoms with E-state index in [1.54, 1.807) is 6.20 Å². The van der Waals surface area contributed by atoms with Gasteiger partial charge in [-0.05, 0) is 31.4 Å². The molecule has 0 radical (unpaired) electrons. The minimum absolute atomic E-state index is 0.0757. The molecule has 0 aromatic carbocycles. The number of pyridine rings is 1. The van der Waals surface area contributed by atoms with E-state index in [-0.39, 0.29) is 5.92 Å². The Labute approximate surface area is 123 Å². The fourth-order valence-corrected chi connectivity index (χ4v) is 3.08. The van der Waals surface area contributed by atoms with Gasteiger partial charge in [-0.2, -0.15) is 0 Å². The van der Waals surface area contributed by atoms with E-state index >= 15 is 0 Å². The lowest BCUT2D eigenvalue weighted by molar-refractivity contribution is -0.142. The molecule has 0 saturated carbocycles. The molecule has 5 nitrogen and oxygen atoms in total. The first-order valence-corrected chi connectivity index (χ1v) is 7.41. The summed E-state index contributed by atoms with van der Waals surface area (Å²) in [6.07, 6.45) is 8.05. The summed E-state index contributed by atoms with van der Waals surface area (Å²) in [5, 5.41) is 9.48. The molecule has 0 bridgehead atoms. The van der Waals surface area contributed by atoms with Gasteiger partial charge in [0.05, 0.1) is 5.92 Å². The summed E-state index contributed by atoms with van der Waals surface area (Å²) in [5.41, 5.74) is 1.70. The first-order valence-electron chi connectivity index (χ1n) is 7.41. The molecular weight excluding hydrogens is 266 g/mol. The van der Waals surface area contributed by atoms with Gasteiger partial charge in [-0.25, -0.2) is 9.97 Å². The second-order valence-corrected chi connectivity index (χ2v) is 5.46. The van der Waals surface area contributed by atoms with Crippen molar-refractivity contribution in [3.63, 3.8) is 0 Å². The molecule has 0 fully saturated rings. The third kappa shape index (κ3) is 2.44. The lowest BCUT2D eigenvalue weighted by atomic mass is 9.82. The van der Waals surface area contributed by atoms with E-state index in [1.165, 1.54) is 0 Å². The number of fused-ring (bicyclic) bond motifs is 1. The topological polar surface area (TPSA) is 68.0 Å². The molecule has 1 aliphatic carbocycles. The normalized spacial score (nSPS) is 21.8. The minimum Gasteiger partial charge on any atom is -0.481 e. The van der Waals surface area contributed by atoms with Crippen molar-refractivity contribution in [1.82, 2.24) is 14.5 Å². The summed E-state index contributed by atoms with van der Waals surface area (Å²) in [7, 11) is 0. The number of hydrogen-bond donors (Lipinski definition) is 1. The summed E-state index contributed by atoms with van der Waals surface area (Å²) in [6.45, 7) is 2.92. The average Bonchev–Trinajstić information content (AvgIpc) is 2.86. The van der Waals surface area contributed by atoms with Crippen molar-refractivity contribution in [2.45, 2.75) is 38.6 Å². The van der Waals surface area contributed by atoms with Gasteiger partial charge in [0.1, 0.15) is 11.3 Å². The second-order valence-electron chi connectivity index (χ2n) is 5.46. The zero-order valence-electron chi connectivity index (χ0n) is 12.1. The summed E-state index contributed by atoms with van der Waals surface area (Å²) in [4.78, 5) is 20.6. The fraction of sp³-hybridized carbons (Fsp3) is 0.438. The van der Waals surface area contributed by atoms with Crippen molar-refractivity contribution in [3.05, 3.63) is 36.3 Å². The highest BCUT2D eigenvalue weighted by Gasteiger charge is 2.33. The van der Waals surface area contributed by atoms with E-state index in [1.807, 2.05) is 18.2 Å². The van der Waals surface area contributed by atoms with Crippen LogP contribution in [0.25, 0.3) is 11.2 Å². The lowest BCUT2D eigenvalue weighted by Crippen LogP contribution is -2.26. The largest absolute Gasteiger partial charge is 0.481 e. The van der Waals surface area contributed by atoms with Gasteiger partial charge in [0.15, 0.2) is 5.65 Å². The maximum atomic E-state index is 11.5. The van der Waals surface area contributed by atoms with Crippen LogP contribution in [0, 0.1) is 5.92 Å². The van der Waals surface area contributed by atoms with Gasteiger partial charge in [-0.3, -0.25) is 4.79 Å². The molecule has 2 aromatic heterocycles. The molecule has 21 heavy (non-hydrogen) atoms. The number of nitrogens with zero attached hydrogens (tertiary/aromatic N) is 3. The molecule has 2 atom stereocenters. The van der Waals surface area contributed by atoms with Crippen LogP contribution in [-0.4, -0.2) is 25.6 Å². The zero-order valence-corrected chi connectivity index (χ0v) is 12.1. The molecule has 2 aromatic rings. The number of hydrogen-bond acceptors (Lipinski definition) is 3. The number of rotatable bonds is 4. The Morgan fingerprint density at radius 1 is 1.43 bits per heavy atom. The highest BCUT2D eigenvalue weighted by molar-refractivity contribution is 5.74. The van der Waals surface area contributed by atoms with Gasteiger partial charge in [0.2, 0.25) is 0 Å². The van der Waals surface area contributed by atoms with E-state index in [0.717, 1.165) is 36.4 Å². The highest BCUT2D eigenvalue weighted by Crippen LogP contribution is 2.35. The van der Waals surface area contributed by atoms with Gasteiger partial charge < -0.3 is 9.67 Å². The molecule has 3 rings (SSSR count). The highest BCUT2D eigenvalue weighted by atomic mass is 16.4. The molecule has 0 saturated heterocycles. The molecule has 0 aliphatic heterocycles.